The van der Waals surface area contributed by atoms with Gasteiger partial charge in [-0.1, -0.05) is 28.8 Å². The molecule has 0 aromatic heterocycles. The first-order valence-electron chi connectivity index (χ1n) is 7.43. The van der Waals surface area contributed by atoms with Gasteiger partial charge in [0.05, 0.1) is 7.92 Å². The Balaban J connectivity index is 6.52. The van der Waals surface area contributed by atoms with Gasteiger partial charge in [0, 0.05) is 8.22 Å². The molecule has 0 aromatic rings. The van der Waals surface area contributed by atoms with Crippen LogP contribution in [0.1, 0.15) is 23.3 Å². The zero-order valence-corrected chi connectivity index (χ0v) is 9.58. The van der Waals surface area contributed by atoms with E-state index in [1.165, 1.54) is 0 Å². The number of carbonyl (C=O) groups excluding carboxylic acids is 1. The number of carbonyl (C=O) groups is 1. The van der Waals surface area contributed by atoms with Gasteiger partial charge in [0.25, 0.3) is 4.33 Å². The van der Waals surface area contributed by atoms with Crippen LogP contribution < -0.4 is 5.73 Å². The molecule has 1 unspecified atom stereocenters. The van der Waals surface area contributed by atoms with Crippen molar-refractivity contribution in [1.82, 2.24) is 0 Å². The van der Waals surface area contributed by atoms with Gasteiger partial charge >= 0.3 is 12.1 Å². The van der Waals surface area contributed by atoms with Crippen LogP contribution in [-0.4, -0.2) is 29.1 Å². The molecule has 0 bridgehead atoms. The highest BCUT2D eigenvalue weighted by molar-refractivity contribution is 6.49. The third kappa shape index (κ3) is 4.73. The van der Waals surface area contributed by atoms with Crippen LogP contribution in [0.5, 0.6) is 0 Å². The molecule has 0 spiro atoms. The summed E-state index contributed by atoms with van der Waals surface area (Å²) >= 11 is 10.2. The molecular weight excluding hydrogens is 282 g/mol. The highest BCUT2D eigenvalue weighted by atomic mass is 35.5. The number of allylic oxidation sites excluding steroid dienone is 1. The second-order valence-corrected chi connectivity index (χ2v) is 4.10. The largest absolute Gasteiger partial charge is 0.454 e. The Morgan fingerprint density at radius 2 is 2.12 bits per heavy atom. The van der Waals surface area contributed by atoms with Gasteiger partial charge in [-0.3, -0.25) is 4.79 Å². The summed E-state index contributed by atoms with van der Waals surface area (Å²) in [5.74, 6) is -1.50. The molecule has 0 aliphatic carbocycles. The van der Waals surface area contributed by atoms with Crippen molar-refractivity contribution in [2.45, 2.75) is 30.3 Å². The van der Waals surface area contributed by atoms with Crippen molar-refractivity contribution in [3.8, 4) is 0 Å². The lowest BCUT2D eigenvalue weighted by Crippen LogP contribution is -2.47. The van der Waals surface area contributed by atoms with Gasteiger partial charge in [-0.25, -0.2) is 0 Å². The molecule has 0 heterocycles. The Bertz CT molecular complexity index is 501. The summed E-state index contributed by atoms with van der Waals surface area (Å²) in [6, 6.07) is -1.71. The average Bonchev–Trinajstić information content (AvgIpc) is 2.29. The maximum Gasteiger partial charge on any atom is 0.425 e. The van der Waals surface area contributed by atoms with Crippen molar-refractivity contribution in [2.75, 3.05) is 6.54 Å². The SMILES string of the molecule is [2H]C(=C(C([2H])([2H])[2H])C([2H])([2H])[2H])C(OC(=O)CN)C(Cl)(Cl)C(F)(F)F. The number of ether oxygens (including phenoxy) is 1. The van der Waals surface area contributed by atoms with Crippen molar-refractivity contribution < 1.29 is 32.3 Å². The summed E-state index contributed by atoms with van der Waals surface area (Å²) in [6.45, 7) is -7.93. The van der Waals surface area contributed by atoms with Crippen molar-refractivity contribution in [1.29, 1.82) is 0 Å². The quantitative estimate of drug-likeness (QED) is 0.493. The van der Waals surface area contributed by atoms with Crippen molar-refractivity contribution in [3.05, 3.63) is 11.6 Å². The van der Waals surface area contributed by atoms with Crippen LogP contribution in [0.15, 0.2) is 11.6 Å². The van der Waals surface area contributed by atoms with E-state index in [9.17, 15) is 18.0 Å². The van der Waals surface area contributed by atoms with Crippen molar-refractivity contribution in [3.63, 3.8) is 0 Å². The second-order valence-electron chi connectivity index (χ2n) is 2.71. The van der Waals surface area contributed by atoms with E-state index in [1.807, 2.05) is 0 Å². The minimum absolute atomic E-state index is 0.942. The number of nitrogens with two attached hydrogens (primary N) is 1. The number of alkyl halides is 5. The molecule has 0 radical (unpaired) electrons. The molecule has 0 aliphatic rings. The molecule has 3 nitrogen and oxygen atoms in total. The standard InChI is InChI=1S/C9H12Cl2F3NO2/c1-5(2)3-6(17-7(16)4-15)8(10,11)9(12,13)14/h3,6H,4,15H2,1-2H3/i1D3,2D3,3D. The Kier molecular flexibility index (Phi) is 2.74. The van der Waals surface area contributed by atoms with Crippen LogP contribution in [0, 0.1) is 0 Å². The summed E-state index contributed by atoms with van der Waals surface area (Å²) in [4.78, 5) is 11.2. The molecule has 8 heteroatoms. The van der Waals surface area contributed by atoms with Crippen LogP contribution in [0.2, 0.25) is 0 Å². The second kappa shape index (κ2) is 5.93. The number of hydrogen-bond acceptors (Lipinski definition) is 3. The van der Waals surface area contributed by atoms with Gasteiger partial charge in [-0.2, -0.15) is 13.2 Å². The third-order valence-corrected chi connectivity index (χ3v) is 2.22. The minimum Gasteiger partial charge on any atom is -0.454 e. The first kappa shape index (κ1) is 7.86. The summed E-state index contributed by atoms with van der Waals surface area (Å²) in [5.41, 5.74) is 3.21. The Labute approximate surface area is 117 Å². The molecule has 2 N–H and O–H groups in total. The van der Waals surface area contributed by atoms with Gasteiger partial charge in [-0.15, -0.1) is 0 Å². The first-order chi connectivity index (χ1) is 10.4. The number of hydrogen-bond donors (Lipinski definition) is 1. The third-order valence-electron chi connectivity index (χ3n) is 1.40. The van der Waals surface area contributed by atoms with Gasteiger partial charge in [0.1, 0.15) is 0 Å². The summed E-state index contributed by atoms with van der Waals surface area (Å²) in [7, 11) is 0. The highest BCUT2D eigenvalue weighted by Crippen LogP contribution is 2.44. The maximum atomic E-state index is 13.0. The summed E-state index contributed by atoms with van der Waals surface area (Å²) in [6.07, 6.45) is -8.44. The molecule has 0 fully saturated rings. The summed E-state index contributed by atoms with van der Waals surface area (Å²) < 4.78 is 89.5. The highest BCUT2D eigenvalue weighted by Gasteiger charge is 2.58. The molecule has 0 rings (SSSR count). The number of esters is 1. The average molecular weight is 301 g/mol. The predicted octanol–water partition coefficient (Wildman–Crippen LogP) is 2.56. The van der Waals surface area contributed by atoms with Crippen LogP contribution in [0.25, 0.3) is 0 Å². The van der Waals surface area contributed by atoms with Crippen molar-refractivity contribution in [2.24, 2.45) is 5.73 Å². The Hall–Kier alpha value is -0.460. The van der Waals surface area contributed by atoms with Gasteiger partial charge in [0.15, 0.2) is 6.10 Å². The normalized spacial score (nSPS) is 21.6. The molecule has 100 valence electrons. The van der Waals surface area contributed by atoms with Crippen LogP contribution in [-0.2, 0) is 9.53 Å². The molecule has 17 heavy (non-hydrogen) atoms. The lowest BCUT2D eigenvalue weighted by Gasteiger charge is -2.29. The van der Waals surface area contributed by atoms with Gasteiger partial charge < -0.3 is 10.5 Å². The number of rotatable bonds is 4. The smallest absolute Gasteiger partial charge is 0.425 e. The molecular formula is C9H12Cl2F3NO2. The lowest BCUT2D eigenvalue weighted by molar-refractivity contribution is -0.171. The molecule has 0 saturated heterocycles. The van der Waals surface area contributed by atoms with E-state index in [0.717, 1.165) is 0 Å². The van der Waals surface area contributed by atoms with E-state index >= 15 is 0 Å². The zero-order valence-electron chi connectivity index (χ0n) is 15.1. The van der Waals surface area contributed by atoms with Gasteiger partial charge in [0.2, 0.25) is 0 Å². The van der Waals surface area contributed by atoms with E-state index in [4.69, 9.17) is 38.5 Å². The van der Waals surface area contributed by atoms with E-state index in [0.29, 0.717) is 0 Å². The van der Waals surface area contributed by atoms with Crippen LogP contribution >= 0.6 is 23.2 Å². The lowest BCUT2D eigenvalue weighted by atomic mass is 10.1. The van der Waals surface area contributed by atoms with E-state index in [2.05, 4.69) is 4.74 Å². The monoisotopic (exact) mass is 300 g/mol. The van der Waals surface area contributed by atoms with Crippen LogP contribution in [0.3, 0.4) is 0 Å². The minimum atomic E-state index is -5.49. The first-order valence-corrected chi connectivity index (χ1v) is 4.68. The Morgan fingerprint density at radius 3 is 2.47 bits per heavy atom. The zero-order chi connectivity index (χ0) is 19.7. The summed E-state index contributed by atoms with van der Waals surface area (Å²) in [5, 5.41) is 0. The molecule has 1 atom stereocenters. The molecule has 0 aliphatic heterocycles. The van der Waals surface area contributed by atoms with Crippen LogP contribution in [0.4, 0.5) is 13.2 Å². The predicted molar refractivity (Wildman–Crippen MR) is 58.9 cm³/mol. The topological polar surface area (TPSA) is 52.3 Å². The van der Waals surface area contributed by atoms with E-state index < -0.39 is 54.5 Å². The maximum absolute atomic E-state index is 13.0. The fraction of sp³-hybridized carbons (Fsp3) is 0.667. The fourth-order valence-corrected chi connectivity index (χ4v) is 0.852. The molecule has 0 saturated carbocycles. The Morgan fingerprint density at radius 1 is 1.59 bits per heavy atom. The fourth-order valence-electron chi connectivity index (χ4n) is 0.653. The molecule has 0 amide bonds. The van der Waals surface area contributed by atoms with E-state index in [-0.39, 0.29) is 0 Å². The van der Waals surface area contributed by atoms with E-state index in [1.54, 1.807) is 0 Å². The number of halogens is 5. The van der Waals surface area contributed by atoms with Gasteiger partial charge in [-0.05, 0) is 19.8 Å². The van der Waals surface area contributed by atoms with Crippen molar-refractivity contribution >= 4 is 29.2 Å². The molecule has 0 aromatic carbocycles.